The van der Waals surface area contributed by atoms with Crippen molar-refractivity contribution < 1.29 is 9.00 Å². The monoisotopic (exact) mass is 322 g/mol. The molecule has 0 aliphatic heterocycles. The Morgan fingerprint density at radius 1 is 1.24 bits per heavy atom. The molecule has 0 fully saturated rings. The number of nitrogens with one attached hydrogen (secondary N) is 1. The maximum absolute atomic E-state index is 12.1. The van der Waals surface area contributed by atoms with Crippen molar-refractivity contribution in [2.75, 3.05) is 16.8 Å². The number of nitrogen functional groups attached to an aromatic ring is 1. The maximum Gasteiger partial charge on any atom is 0.237 e. The quantitative estimate of drug-likeness (QED) is 0.850. The normalized spacial score (nSPS) is 11.9. The lowest BCUT2D eigenvalue weighted by molar-refractivity contribution is -0.113. The molecule has 4 nitrogen and oxygen atoms in total. The molecule has 6 heteroatoms. The van der Waals surface area contributed by atoms with Gasteiger partial charge in [-0.3, -0.25) is 9.00 Å². The molecular formula is C15H15ClN2O2S. The van der Waals surface area contributed by atoms with Crippen LogP contribution in [0.15, 0.2) is 47.4 Å². The average Bonchev–Trinajstić information content (AvgIpc) is 2.43. The van der Waals surface area contributed by atoms with E-state index in [-0.39, 0.29) is 11.7 Å². The number of benzene rings is 2. The molecule has 0 bridgehead atoms. The number of anilines is 2. The Morgan fingerprint density at radius 3 is 2.52 bits per heavy atom. The number of aryl methyl sites for hydroxylation is 1. The highest BCUT2D eigenvalue weighted by atomic mass is 35.5. The van der Waals surface area contributed by atoms with Gasteiger partial charge >= 0.3 is 0 Å². The van der Waals surface area contributed by atoms with Crippen LogP contribution in [0.4, 0.5) is 11.4 Å². The van der Waals surface area contributed by atoms with E-state index >= 15 is 0 Å². The maximum atomic E-state index is 12.1. The second kappa shape index (κ2) is 6.74. The van der Waals surface area contributed by atoms with E-state index in [2.05, 4.69) is 5.32 Å². The number of carbonyl (C=O) groups excluding carboxylic acids is 1. The molecule has 1 atom stereocenters. The van der Waals surface area contributed by atoms with E-state index in [9.17, 15) is 9.00 Å². The lowest BCUT2D eigenvalue weighted by Gasteiger charge is -2.11. The van der Waals surface area contributed by atoms with Gasteiger partial charge in [0.25, 0.3) is 0 Å². The number of rotatable bonds is 4. The Labute approximate surface area is 130 Å². The second-order valence-electron chi connectivity index (χ2n) is 4.53. The van der Waals surface area contributed by atoms with E-state index < -0.39 is 10.8 Å². The topological polar surface area (TPSA) is 72.2 Å². The number of para-hydroxylation sites is 1. The molecule has 0 aliphatic rings. The highest BCUT2D eigenvalue weighted by Gasteiger charge is 2.12. The summed E-state index contributed by atoms with van der Waals surface area (Å²) in [7, 11) is -1.42. The van der Waals surface area contributed by atoms with Crippen LogP contribution in [0.5, 0.6) is 0 Å². The van der Waals surface area contributed by atoms with Crippen molar-refractivity contribution in [3.63, 3.8) is 0 Å². The minimum atomic E-state index is -1.42. The third-order valence-electron chi connectivity index (χ3n) is 2.91. The van der Waals surface area contributed by atoms with Crippen molar-refractivity contribution in [3.05, 3.63) is 53.1 Å². The van der Waals surface area contributed by atoms with E-state index in [1.807, 2.05) is 19.1 Å². The smallest absolute Gasteiger partial charge is 0.237 e. The molecule has 2 aromatic rings. The highest BCUT2D eigenvalue weighted by molar-refractivity contribution is 7.85. The SMILES string of the molecule is Cc1cccc(N)c1NC(=O)CS(=O)c1ccc(Cl)cc1. The number of nitrogens with two attached hydrogens (primary N) is 1. The Bertz CT molecular complexity index is 666. The summed E-state index contributed by atoms with van der Waals surface area (Å²) in [4.78, 5) is 12.5. The Kier molecular flexibility index (Phi) is 4.98. The van der Waals surface area contributed by atoms with Gasteiger partial charge in [0.15, 0.2) is 0 Å². The Balaban J connectivity index is 2.05. The predicted molar refractivity (Wildman–Crippen MR) is 86.9 cm³/mol. The van der Waals surface area contributed by atoms with Gasteiger partial charge in [-0.05, 0) is 42.8 Å². The van der Waals surface area contributed by atoms with Crippen LogP contribution in [0.3, 0.4) is 0 Å². The summed E-state index contributed by atoms with van der Waals surface area (Å²) in [5.74, 6) is -0.473. The molecule has 3 N–H and O–H groups in total. The summed E-state index contributed by atoms with van der Waals surface area (Å²) in [5, 5.41) is 3.27. The summed E-state index contributed by atoms with van der Waals surface area (Å²) in [6.07, 6.45) is 0. The van der Waals surface area contributed by atoms with Gasteiger partial charge in [-0.1, -0.05) is 23.7 Å². The lowest BCUT2D eigenvalue weighted by atomic mass is 10.1. The first kappa shape index (κ1) is 15.5. The first-order chi connectivity index (χ1) is 9.97. The van der Waals surface area contributed by atoms with Crippen LogP contribution in [0.1, 0.15) is 5.56 Å². The number of amides is 1. The summed E-state index contributed by atoms with van der Waals surface area (Å²) in [6, 6.07) is 12.0. The zero-order valence-electron chi connectivity index (χ0n) is 11.4. The number of hydrogen-bond donors (Lipinski definition) is 2. The number of hydrogen-bond acceptors (Lipinski definition) is 3. The first-order valence-electron chi connectivity index (χ1n) is 6.26. The third kappa shape index (κ3) is 4.06. The second-order valence-corrected chi connectivity index (χ2v) is 6.42. The molecule has 0 radical (unpaired) electrons. The van der Waals surface area contributed by atoms with Gasteiger partial charge in [-0.15, -0.1) is 0 Å². The molecule has 2 rings (SSSR count). The van der Waals surface area contributed by atoms with Crippen molar-refractivity contribution in [3.8, 4) is 0 Å². The molecule has 0 heterocycles. The molecular weight excluding hydrogens is 308 g/mol. The van der Waals surface area contributed by atoms with Crippen molar-refractivity contribution in [1.82, 2.24) is 0 Å². The Morgan fingerprint density at radius 2 is 1.90 bits per heavy atom. The molecule has 0 saturated carbocycles. The molecule has 1 unspecified atom stereocenters. The van der Waals surface area contributed by atoms with E-state index in [1.54, 1.807) is 30.3 Å². The van der Waals surface area contributed by atoms with Crippen LogP contribution >= 0.6 is 11.6 Å². The fraction of sp³-hybridized carbons (Fsp3) is 0.133. The van der Waals surface area contributed by atoms with E-state index in [1.165, 1.54) is 0 Å². The fourth-order valence-corrected chi connectivity index (χ4v) is 2.87. The predicted octanol–water partition coefficient (Wildman–Crippen LogP) is 2.98. The number of halogens is 1. The lowest BCUT2D eigenvalue weighted by Crippen LogP contribution is -2.20. The zero-order chi connectivity index (χ0) is 15.4. The van der Waals surface area contributed by atoms with Crippen LogP contribution in [0.2, 0.25) is 5.02 Å². The largest absolute Gasteiger partial charge is 0.397 e. The molecule has 0 aliphatic carbocycles. The van der Waals surface area contributed by atoms with Crippen LogP contribution in [0.25, 0.3) is 0 Å². The molecule has 0 saturated heterocycles. The summed E-state index contributed by atoms with van der Waals surface area (Å²) in [6.45, 7) is 1.85. The van der Waals surface area contributed by atoms with Crippen LogP contribution in [-0.4, -0.2) is 15.9 Å². The minimum Gasteiger partial charge on any atom is -0.397 e. The zero-order valence-corrected chi connectivity index (χ0v) is 13.0. The summed E-state index contributed by atoms with van der Waals surface area (Å²) < 4.78 is 12.1. The standard InChI is InChI=1S/C15H15ClN2O2S/c1-10-3-2-4-13(17)15(10)18-14(19)9-21(20)12-7-5-11(16)6-8-12/h2-8H,9,17H2,1H3,(H,18,19). The van der Waals surface area contributed by atoms with Gasteiger partial charge < -0.3 is 11.1 Å². The highest BCUT2D eigenvalue weighted by Crippen LogP contribution is 2.22. The van der Waals surface area contributed by atoms with Gasteiger partial charge in [0.1, 0.15) is 5.75 Å². The minimum absolute atomic E-state index is 0.130. The molecule has 1 amide bonds. The summed E-state index contributed by atoms with van der Waals surface area (Å²) >= 11 is 5.77. The summed E-state index contributed by atoms with van der Waals surface area (Å²) in [5.41, 5.74) is 7.74. The third-order valence-corrected chi connectivity index (χ3v) is 4.48. The van der Waals surface area contributed by atoms with E-state index in [4.69, 9.17) is 17.3 Å². The molecule has 0 aromatic heterocycles. The molecule has 0 spiro atoms. The Hall–Kier alpha value is -1.85. The van der Waals surface area contributed by atoms with Gasteiger partial charge in [0.2, 0.25) is 5.91 Å². The van der Waals surface area contributed by atoms with Crippen LogP contribution in [-0.2, 0) is 15.6 Å². The van der Waals surface area contributed by atoms with Gasteiger partial charge in [0, 0.05) is 9.92 Å². The van der Waals surface area contributed by atoms with Crippen LogP contribution in [0, 0.1) is 6.92 Å². The number of carbonyl (C=O) groups is 1. The van der Waals surface area contributed by atoms with Crippen molar-refractivity contribution in [2.45, 2.75) is 11.8 Å². The van der Waals surface area contributed by atoms with E-state index in [0.717, 1.165) is 5.56 Å². The van der Waals surface area contributed by atoms with Crippen molar-refractivity contribution in [2.24, 2.45) is 0 Å². The van der Waals surface area contributed by atoms with Gasteiger partial charge in [0.05, 0.1) is 22.2 Å². The van der Waals surface area contributed by atoms with Crippen molar-refractivity contribution in [1.29, 1.82) is 0 Å². The van der Waals surface area contributed by atoms with Crippen LogP contribution < -0.4 is 11.1 Å². The molecule has 2 aromatic carbocycles. The fourth-order valence-electron chi connectivity index (χ4n) is 1.83. The average molecular weight is 323 g/mol. The van der Waals surface area contributed by atoms with E-state index in [0.29, 0.717) is 21.3 Å². The first-order valence-corrected chi connectivity index (χ1v) is 7.96. The molecule has 110 valence electrons. The molecule has 21 heavy (non-hydrogen) atoms. The van der Waals surface area contributed by atoms with Gasteiger partial charge in [-0.2, -0.15) is 0 Å². The van der Waals surface area contributed by atoms with Gasteiger partial charge in [-0.25, -0.2) is 0 Å². The van der Waals surface area contributed by atoms with Crippen molar-refractivity contribution >= 4 is 39.7 Å².